The van der Waals surface area contributed by atoms with Gasteiger partial charge in [0.1, 0.15) is 5.82 Å². The van der Waals surface area contributed by atoms with Crippen LogP contribution in [0.5, 0.6) is 0 Å². The number of rotatable bonds is 4. The van der Waals surface area contributed by atoms with E-state index < -0.39 is 0 Å². The van der Waals surface area contributed by atoms with Crippen LogP contribution in [0.1, 0.15) is 30.9 Å². The summed E-state index contributed by atoms with van der Waals surface area (Å²) in [6, 6.07) is 4.77. The van der Waals surface area contributed by atoms with E-state index in [0.29, 0.717) is 4.47 Å². The number of hydrogen-bond donors (Lipinski definition) is 1. The van der Waals surface area contributed by atoms with Gasteiger partial charge in [-0.2, -0.15) is 0 Å². The van der Waals surface area contributed by atoms with E-state index in [-0.39, 0.29) is 11.9 Å². The summed E-state index contributed by atoms with van der Waals surface area (Å²) in [4.78, 5) is 0. The first-order valence-electron chi connectivity index (χ1n) is 4.79. The van der Waals surface area contributed by atoms with E-state index in [1.54, 1.807) is 12.1 Å². The van der Waals surface area contributed by atoms with Crippen molar-refractivity contribution in [3.8, 4) is 12.3 Å². The summed E-state index contributed by atoms with van der Waals surface area (Å²) in [5, 5.41) is 0. The number of terminal acetylenes is 1. The highest BCUT2D eigenvalue weighted by Gasteiger charge is 2.07. The highest BCUT2D eigenvalue weighted by Crippen LogP contribution is 2.22. The van der Waals surface area contributed by atoms with Crippen molar-refractivity contribution in [1.82, 2.24) is 0 Å². The Morgan fingerprint density at radius 2 is 2.27 bits per heavy atom. The lowest BCUT2D eigenvalue weighted by Gasteiger charge is -2.11. The Bertz CT molecular complexity index is 370. The second kappa shape index (κ2) is 5.89. The molecule has 2 N–H and O–H groups in total. The van der Waals surface area contributed by atoms with E-state index in [1.807, 2.05) is 0 Å². The minimum Gasteiger partial charge on any atom is -0.324 e. The molecule has 1 rings (SSSR count). The average Bonchev–Trinajstić information content (AvgIpc) is 2.22. The third-order valence-electron chi connectivity index (χ3n) is 2.21. The lowest BCUT2D eigenvalue weighted by atomic mass is 10.0. The Kier molecular flexibility index (Phi) is 4.80. The molecular weight excluding hydrogens is 257 g/mol. The van der Waals surface area contributed by atoms with Crippen molar-refractivity contribution in [3.05, 3.63) is 34.1 Å². The zero-order valence-electron chi connectivity index (χ0n) is 8.34. The van der Waals surface area contributed by atoms with E-state index in [0.717, 1.165) is 24.8 Å². The van der Waals surface area contributed by atoms with Gasteiger partial charge >= 0.3 is 0 Å². The fourth-order valence-corrected chi connectivity index (χ4v) is 1.73. The second-order valence-corrected chi connectivity index (χ2v) is 4.23. The smallest absolute Gasteiger partial charge is 0.137 e. The van der Waals surface area contributed by atoms with Gasteiger partial charge in [0, 0.05) is 12.5 Å². The van der Waals surface area contributed by atoms with Gasteiger partial charge in [0.2, 0.25) is 0 Å². The first-order valence-corrected chi connectivity index (χ1v) is 5.58. The van der Waals surface area contributed by atoms with E-state index in [9.17, 15) is 4.39 Å². The monoisotopic (exact) mass is 269 g/mol. The minimum absolute atomic E-state index is 0.0738. The molecule has 0 aromatic heterocycles. The molecule has 80 valence electrons. The summed E-state index contributed by atoms with van der Waals surface area (Å²) in [7, 11) is 0. The summed E-state index contributed by atoms with van der Waals surface area (Å²) < 4.78 is 13.4. The Labute approximate surface area is 98.0 Å². The van der Waals surface area contributed by atoms with Gasteiger partial charge in [-0.05, 0) is 46.5 Å². The molecule has 1 unspecified atom stereocenters. The highest BCUT2D eigenvalue weighted by atomic mass is 79.9. The van der Waals surface area contributed by atoms with Crippen LogP contribution in [0.25, 0.3) is 0 Å². The van der Waals surface area contributed by atoms with Crippen LogP contribution in [-0.4, -0.2) is 0 Å². The van der Waals surface area contributed by atoms with Crippen molar-refractivity contribution >= 4 is 15.9 Å². The topological polar surface area (TPSA) is 26.0 Å². The van der Waals surface area contributed by atoms with Crippen LogP contribution in [0.4, 0.5) is 4.39 Å². The van der Waals surface area contributed by atoms with Crippen LogP contribution in [0.15, 0.2) is 22.7 Å². The fourth-order valence-electron chi connectivity index (χ4n) is 1.33. The summed E-state index contributed by atoms with van der Waals surface area (Å²) >= 11 is 3.13. The third kappa shape index (κ3) is 3.65. The second-order valence-electron chi connectivity index (χ2n) is 3.38. The van der Waals surface area contributed by atoms with Gasteiger partial charge in [-0.25, -0.2) is 4.39 Å². The van der Waals surface area contributed by atoms with Gasteiger partial charge in [-0.1, -0.05) is 6.07 Å². The maximum absolute atomic E-state index is 13.0. The molecule has 3 heteroatoms. The molecule has 0 saturated carbocycles. The van der Waals surface area contributed by atoms with Crippen LogP contribution in [0.2, 0.25) is 0 Å². The largest absolute Gasteiger partial charge is 0.324 e. The SMILES string of the molecule is C#CCCCC(N)c1ccc(F)c(Br)c1. The molecule has 0 heterocycles. The Morgan fingerprint density at radius 3 is 2.87 bits per heavy atom. The number of halogens is 2. The van der Waals surface area contributed by atoms with E-state index in [2.05, 4.69) is 21.9 Å². The van der Waals surface area contributed by atoms with Crippen LogP contribution in [0.3, 0.4) is 0 Å². The molecular formula is C12H13BrFN. The van der Waals surface area contributed by atoms with Crippen molar-refractivity contribution in [2.24, 2.45) is 5.73 Å². The summed E-state index contributed by atoms with van der Waals surface area (Å²) in [5.41, 5.74) is 6.87. The van der Waals surface area contributed by atoms with Crippen molar-refractivity contribution < 1.29 is 4.39 Å². The van der Waals surface area contributed by atoms with Gasteiger partial charge in [-0.3, -0.25) is 0 Å². The zero-order valence-corrected chi connectivity index (χ0v) is 9.93. The summed E-state index contributed by atoms with van der Waals surface area (Å²) in [6.45, 7) is 0. The van der Waals surface area contributed by atoms with Crippen LogP contribution < -0.4 is 5.73 Å². The molecule has 0 bridgehead atoms. The molecule has 1 atom stereocenters. The molecule has 0 saturated heterocycles. The molecule has 0 aliphatic heterocycles. The van der Waals surface area contributed by atoms with Crippen LogP contribution >= 0.6 is 15.9 Å². The van der Waals surface area contributed by atoms with Crippen molar-refractivity contribution in [2.45, 2.75) is 25.3 Å². The number of nitrogens with two attached hydrogens (primary N) is 1. The first-order chi connectivity index (χ1) is 7.15. The van der Waals surface area contributed by atoms with Gasteiger partial charge in [0.25, 0.3) is 0 Å². The lowest BCUT2D eigenvalue weighted by molar-refractivity contribution is 0.604. The molecule has 0 fully saturated rings. The zero-order chi connectivity index (χ0) is 11.3. The van der Waals surface area contributed by atoms with Crippen LogP contribution in [0, 0.1) is 18.2 Å². The number of unbranched alkanes of at least 4 members (excludes halogenated alkanes) is 1. The molecule has 15 heavy (non-hydrogen) atoms. The molecule has 1 aromatic carbocycles. The molecule has 0 spiro atoms. The Hall–Kier alpha value is -0.850. The van der Waals surface area contributed by atoms with Crippen LogP contribution in [-0.2, 0) is 0 Å². The Morgan fingerprint density at radius 1 is 1.53 bits per heavy atom. The predicted molar refractivity (Wildman–Crippen MR) is 63.7 cm³/mol. The molecule has 0 amide bonds. The number of benzene rings is 1. The first kappa shape index (κ1) is 12.2. The quantitative estimate of drug-likeness (QED) is 0.658. The number of hydrogen-bond acceptors (Lipinski definition) is 1. The van der Waals surface area contributed by atoms with Crippen molar-refractivity contribution in [3.63, 3.8) is 0 Å². The maximum Gasteiger partial charge on any atom is 0.137 e. The molecule has 0 aliphatic carbocycles. The normalized spacial score (nSPS) is 12.1. The summed E-state index contributed by atoms with van der Waals surface area (Å²) in [5.74, 6) is 2.30. The molecule has 0 radical (unpaired) electrons. The maximum atomic E-state index is 13.0. The minimum atomic E-state index is -0.269. The van der Waals surface area contributed by atoms with E-state index in [1.165, 1.54) is 6.07 Å². The van der Waals surface area contributed by atoms with Gasteiger partial charge in [-0.15, -0.1) is 12.3 Å². The van der Waals surface area contributed by atoms with Crippen molar-refractivity contribution in [2.75, 3.05) is 0 Å². The van der Waals surface area contributed by atoms with E-state index in [4.69, 9.17) is 12.2 Å². The highest BCUT2D eigenvalue weighted by molar-refractivity contribution is 9.10. The molecule has 1 aromatic rings. The molecule has 1 nitrogen and oxygen atoms in total. The van der Waals surface area contributed by atoms with Gasteiger partial charge < -0.3 is 5.73 Å². The molecule has 0 aliphatic rings. The average molecular weight is 270 g/mol. The third-order valence-corrected chi connectivity index (χ3v) is 2.82. The van der Waals surface area contributed by atoms with Gasteiger partial charge in [0.15, 0.2) is 0 Å². The van der Waals surface area contributed by atoms with Crippen molar-refractivity contribution in [1.29, 1.82) is 0 Å². The van der Waals surface area contributed by atoms with Gasteiger partial charge in [0.05, 0.1) is 4.47 Å². The van der Waals surface area contributed by atoms with E-state index >= 15 is 0 Å². The fraction of sp³-hybridized carbons (Fsp3) is 0.333. The predicted octanol–water partition coefficient (Wildman–Crippen LogP) is 3.39. The lowest BCUT2D eigenvalue weighted by Crippen LogP contribution is -2.10. The standard InChI is InChI=1S/C12H13BrFN/c1-2-3-4-5-12(15)9-6-7-11(14)10(13)8-9/h1,6-8,12H,3-5,15H2. The Balaban J connectivity index is 2.62. The summed E-state index contributed by atoms with van der Waals surface area (Å²) in [6.07, 6.45) is 7.60.